The maximum atomic E-state index is 12.5. The molecule has 0 bridgehead atoms. The third-order valence-electron chi connectivity index (χ3n) is 5.55. The molecule has 3 rings (SSSR count). The molecule has 0 radical (unpaired) electrons. The van der Waals surface area contributed by atoms with Crippen LogP contribution in [-0.2, 0) is 0 Å². The van der Waals surface area contributed by atoms with Crippen LogP contribution in [0.5, 0.6) is 0 Å². The molecular weight excluding hydrogens is 360 g/mol. The van der Waals surface area contributed by atoms with Crippen LogP contribution in [0.1, 0.15) is 44.0 Å². The number of para-hydroxylation sites is 2. The summed E-state index contributed by atoms with van der Waals surface area (Å²) in [7, 11) is 2.16. The average Bonchev–Trinajstić information content (AvgIpc) is 2.69. The predicted octanol–water partition coefficient (Wildman–Crippen LogP) is 4.47. The van der Waals surface area contributed by atoms with Crippen molar-refractivity contribution in [3.8, 4) is 0 Å². The van der Waals surface area contributed by atoms with Crippen molar-refractivity contribution in [2.24, 2.45) is 5.41 Å². The van der Waals surface area contributed by atoms with Gasteiger partial charge in [0.25, 0.3) is 5.91 Å². The van der Waals surface area contributed by atoms with E-state index < -0.39 is 0 Å². The first-order valence-corrected chi connectivity index (χ1v) is 10.4. The van der Waals surface area contributed by atoms with Crippen molar-refractivity contribution in [3.05, 3.63) is 54.1 Å². The molecule has 0 aromatic heterocycles. The highest BCUT2D eigenvalue weighted by Crippen LogP contribution is 2.25. The molecular formula is C24H34N4O. The molecule has 0 spiro atoms. The van der Waals surface area contributed by atoms with E-state index in [0.29, 0.717) is 28.4 Å². The second-order valence-corrected chi connectivity index (χ2v) is 9.27. The Hall–Kier alpha value is -2.53. The highest BCUT2D eigenvalue weighted by molar-refractivity contribution is 6.05. The lowest BCUT2D eigenvalue weighted by molar-refractivity contribution is 0.102. The zero-order valence-corrected chi connectivity index (χ0v) is 18.1. The van der Waals surface area contributed by atoms with E-state index in [1.165, 1.54) is 12.8 Å². The molecule has 1 saturated heterocycles. The van der Waals surface area contributed by atoms with Gasteiger partial charge in [0.2, 0.25) is 0 Å². The third kappa shape index (κ3) is 5.73. The minimum absolute atomic E-state index is 0.146. The number of hydrogen-bond donors (Lipinski definition) is 2. The van der Waals surface area contributed by atoms with Gasteiger partial charge < -0.3 is 20.9 Å². The van der Waals surface area contributed by atoms with E-state index in [2.05, 4.69) is 42.9 Å². The van der Waals surface area contributed by atoms with Crippen LogP contribution in [0.15, 0.2) is 48.5 Å². The van der Waals surface area contributed by atoms with E-state index in [9.17, 15) is 4.79 Å². The smallest absolute Gasteiger partial charge is 0.255 e. The number of nitrogens with two attached hydrogens (primary N) is 1. The molecule has 2 aromatic rings. The number of nitrogen functional groups attached to an aromatic ring is 1. The zero-order valence-electron chi connectivity index (χ0n) is 18.1. The Morgan fingerprint density at radius 1 is 1.10 bits per heavy atom. The number of nitrogens with zero attached hydrogens (tertiary/aromatic N) is 2. The standard InChI is InChI=1S/C24H34N4O/c1-24(2,3)17-28-15-13-20(14-16-28)27(4)19-11-9-18(10-12-19)23(29)26-22-8-6-5-7-21(22)25/h5-12,20H,13-17,25H2,1-4H3,(H,26,29). The van der Waals surface area contributed by atoms with E-state index in [-0.39, 0.29) is 5.91 Å². The van der Waals surface area contributed by atoms with Crippen molar-refractivity contribution >= 4 is 23.0 Å². The summed E-state index contributed by atoms with van der Waals surface area (Å²) in [5.74, 6) is -0.146. The summed E-state index contributed by atoms with van der Waals surface area (Å²) in [5, 5.41) is 2.88. The van der Waals surface area contributed by atoms with Gasteiger partial charge in [-0.3, -0.25) is 4.79 Å². The molecule has 0 atom stereocenters. The van der Waals surface area contributed by atoms with Gasteiger partial charge >= 0.3 is 0 Å². The van der Waals surface area contributed by atoms with Gasteiger partial charge in [0.05, 0.1) is 11.4 Å². The Bertz CT molecular complexity index is 818. The number of benzene rings is 2. The van der Waals surface area contributed by atoms with Gasteiger partial charge in [-0.2, -0.15) is 0 Å². The highest BCUT2D eigenvalue weighted by Gasteiger charge is 2.25. The molecule has 2 aromatic carbocycles. The van der Waals surface area contributed by atoms with Crippen LogP contribution in [0, 0.1) is 5.41 Å². The largest absolute Gasteiger partial charge is 0.397 e. The molecule has 29 heavy (non-hydrogen) atoms. The lowest BCUT2D eigenvalue weighted by Gasteiger charge is -2.40. The maximum Gasteiger partial charge on any atom is 0.255 e. The van der Waals surface area contributed by atoms with Crippen LogP contribution >= 0.6 is 0 Å². The van der Waals surface area contributed by atoms with Gasteiger partial charge in [0, 0.05) is 44.0 Å². The molecule has 5 nitrogen and oxygen atoms in total. The molecule has 1 aliphatic heterocycles. The number of rotatable bonds is 5. The molecule has 0 saturated carbocycles. The van der Waals surface area contributed by atoms with Crippen LogP contribution in [0.2, 0.25) is 0 Å². The van der Waals surface area contributed by atoms with Gasteiger partial charge in [-0.1, -0.05) is 32.9 Å². The number of nitrogens with one attached hydrogen (secondary N) is 1. The monoisotopic (exact) mass is 394 g/mol. The predicted molar refractivity (Wildman–Crippen MR) is 123 cm³/mol. The van der Waals surface area contributed by atoms with Crippen molar-refractivity contribution < 1.29 is 4.79 Å². The number of amides is 1. The van der Waals surface area contributed by atoms with Crippen molar-refractivity contribution in [2.75, 3.05) is 42.6 Å². The van der Waals surface area contributed by atoms with Crippen molar-refractivity contribution in [1.82, 2.24) is 4.90 Å². The van der Waals surface area contributed by atoms with Crippen LogP contribution in [-0.4, -0.2) is 43.5 Å². The van der Waals surface area contributed by atoms with Gasteiger partial charge in [-0.05, 0) is 54.7 Å². The first kappa shape index (κ1) is 21.2. The van der Waals surface area contributed by atoms with E-state index in [1.807, 2.05) is 36.4 Å². The SMILES string of the molecule is CN(c1ccc(C(=O)Nc2ccccc2N)cc1)C1CCN(CC(C)(C)C)CC1. The van der Waals surface area contributed by atoms with Gasteiger partial charge in [0.15, 0.2) is 0 Å². The number of carbonyl (C=O) groups excluding carboxylic acids is 1. The van der Waals surface area contributed by atoms with Crippen LogP contribution in [0.3, 0.4) is 0 Å². The second-order valence-electron chi connectivity index (χ2n) is 9.27. The Labute approximate surface area is 174 Å². The van der Waals surface area contributed by atoms with E-state index in [1.54, 1.807) is 12.1 Å². The van der Waals surface area contributed by atoms with E-state index >= 15 is 0 Å². The molecule has 1 aliphatic rings. The van der Waals surface area contributed by atoms with E-state index in [4.69, 9.17) is 5.73 Å². The normalized spacial score (nSPS) is 15.9. The molecule has 5 heteroatoms. The number of likely N-dealkylation sites (tertiary alicyclic amines) is 1. The minimum atomic E-state index is -0.146. The number of anilines is 3. The molecule has 156 valence electrons. The third-order valence-corrected chi connectivity index (χ3v) is 5.55. The number of carbonyl (C=O) groups is 1. The van der Waals surface area contributed by atoms with Crippen molar-refractivity contribution in [1.29, 1.82) is 0 Å². The Balaban J connectivity index is 1.57. The summed E-state index contributed by atoms with van der Waals surface area (Å²) in [6.45, 7) is 10.3. The Morgan fingerprint density at radius 2 is 1.72 bits per heavy atom. The van der Waals surface area contributed by atoms with Crippen LogP contribution in [0.25, 0.3) is 0 Å². The summed E-state index contributed by atoms with van der Waals surface area (Å²) in [5.41, 5.74) is 9.24. The zero-order chi connectivity index (χ0) is 21.0. The average molecular weight is 395 g/mol. The maximum absolute atomic E-state index is 12.5. The molecule has 1 heterocycles. The van der Waals surface area contributed by atoms with Crippen molar-refractivity contribution in [3.63, 3.8) is 0 Å². The molecule has 3 N–H and O–H groups in total. The van der Waals surface area contributed by atoms with Gasteiger partial charge in [-0.15, -0.1) is 0 Å². The highest BCUT2D eigenvalue weighted by atomic mass is 16.1. The molecule has 0 aliphatic carbocycles. The lowest BCUT2D eigenvalue weighted by Crippen LogP contribution is -2.45. The lowest BCUT2D eigenvalue weighted by atomic mass is 9.94. The Kier molecular flexibility index (Phi) is 6.48. The van der Waals surface area contributed by atoms with Crippen LogP contribution in [0.4, 0.5) is 17.1 Å². The summed E-state index contributed by atoms with van der Waals surface area (Å²) in [4.78, 5) is 17.4. The molecule has 0 unspecified atom stereocenters. The summed E-state index contributed by atoms with van der Waals surface area (Å²) in [6.07, 6.45) is 2.34. The fourth-order valence-corrected chi connectivity index (χ4v) is 4.00. The second kappa shape index (κ2) is 8.87. The topological polar surface area (TPSA) is 61.6 Å². The molecule has 1 amide bonds. The van der Waals surface area contributed by atoms with Crippen molar-refractivity contribution in [2.45, 2.75) is 39.7 Å². The quantitative estimate of drug-likeness (QED) is 0.735. The molecule has 1 fully saturated rings. The Morgan fingerprint density at radius 3 is 2.31 bits per heavy atom. The summed E-state index contributed by atoms with van der Waals surface area (Å²) >= 11 is 0. The number of piperidine rings is 1. The summed E-state index contributed by atoms with van der Waals surface area (Å²) in [6, 6.07) is 15.7. The fourth-order valence-electron chi connectivity index (χ4n) is 4.00. The van der Waals surface area contributed by atoms with Gasteiger partial charge in [0.1, 0.15) is 0 Å². The fraction of sp³-hybridized carbons (Fsp3) is 0.458. The summed E-state index contributed by atoms with van der Waals surface area (Å²) < 4.78 is 0. The first-order valence-electron chi connectivity index (χ1n) is 10.4. The number of hydrogen-bond acceptors (Lipinski definition) is 4. The van der Waals surface area contributed by atoms with E-state index in [0.717, 1.165) is 25.3 Å². The van der Waals surface area contributed by atoms with Crippen LogP contribution < -0.4 is 16.0 Å². The first-order chi connectivity index (χ1) is 13.7. The van der Waals surface area contributed by atoms with Gasteiger partial charge in [-0.25, -0.2) is 0 Å². The minimum Gasteiger partial charge on any atom is -0.397 e.